The van der Waals surface area contributed by atoms with Gasteiger partial charge in [-0.1, -0.05) is 31.8 Å². The molecule has 2 rings (SSSR count). The lowest BCUT2D eigenvalue weighted by Gasteiger charge is -2.46. The number of carbonyl (C=O) groups excluding carboxylic acids is 2. The summed E-state index contributed by atoms with van der Waals surface area (Å²) in [6.07, 6.45) is 2.77. The van der Waals surface area contributed by atoms with E-state index >= 15 is 0 Å². The molecule has 2 aliphatic rings. The third-order valence-electron chi connectivity index (χ3n) is 6.38. The molecule has 5 unspecified atom stereocenters. The van der Waals surface area contributed by atoms with Gasteiger partial charge in [-0.2, -0.15) is 0 Å². The van der Waals surface area contributed by atoms with E-state index in [9.17, 15) is 20.2 Å². The van der Waals surface area contributed by atoms with Crippen molar-refractivity contribution in [1.29, 1.82) is 0 Å². The van der Waals surface area contributed by atoms with Crippen LogP contribution in [0, 0.1) is 12.3 Å². The zero-order valence-electron chi connectivity index (χ0n) is 24.7. The van der Waals surface area contributed by atoms with Crippen molar-refractivity contribution in [2.45, 2.75) is 115 Å². The summed E-state index contributed by atoms with van der Waals surface area (Å²) in [6.45, 7) is 6.94. The molecule has 14 heteroatoms. The molecule has 0 aromatic rings. The van der Waals surface area contributed by atoms with Crippen molar-refractivity contribution >= 4 is 11.9 Å². The highest BCUT2D eigenvalue weighted by Crippen LogP contribution is 2.33. The number of carbonyl (C=O) groups is 2. The second-order valence-corrected chi connectivity index (χ2v) is 9.78. The number of nitrogens with zero attached hydrogens (tertiary/aromatic N) is 3. The number of hydrogen-bond donors (Lipinski definition) is 1. The number of ether oxygens (including phenoxy) is 8. The molecule has 0 aromatic heterocycles. The minimum absolute atomic E-state index is 0.209. The Morgan fingerprint density at radius 2 is 1.71 bits per heavy atom. The lowest BCUT2D eigenvalue weighted by Crippen LogP contribution is -2.62. The molecule has 2 aliphatic heterocycles. The number of terminal acetylenes is 1. The van der Waals surface area contributed by atoms with Crippen LogP contribution < -0.4 is 0 Å². The minimum Gasteiger partial charge on any atom is -0.506 e. The van der Waals surface area contributed by atoms with E-state index in [1.54, 1.807) is 0 Å². The number of aliphatic hydroxyl groups excluding tert-OH is 1. The maximum Gasteiger partial charge on any atom is 0.303 e. The van der Waals surface area contributed by atoms with E-state index in [1.807, 2.05) is 13.8 Å². The number of azide groups is 1. The van der Waals surface area contributed by atoms with Gasteiger partial charge in [-0.05, 0) is 24.8 Å². The van der Waals surface area contributed by atoms with Gasteiger partial charge in [0.2, 0.25) is 6.29 Å². The molecule has 0 saturated carbocycles. The third-order valence-corrected chi connectivity index (χ3v) is 6.38. The maximum atomic E-state index is 12.1. The third kappa shape index (κ3) is 11.0. The normalized spacial score (nSPS) is 28.9. The summed E-state index contributed by atoms with van der Waals surface area (Å²) < 4.78 is 46.8. The van der Waals surface area contributed by atoms with Crippen LogP contribution in [0.5, 0.6) is 0 Å². The van der Waals surface area contributed by atoms with E-state index in [2.05, 4.69) is 15.9 Å². The fraction of sp³-hybridized carbons (Fsp3) is 0.786. The summed E-state index contributed by atoms with van der Waals surface area (Å²) in [6, 6.07) is -1.02. The molecule has 0 bridgehead atoms. The Morgan fingerprint density at radius 3 is 2.33 bits per heavy atom. The van der Waals surface area contributed by atoms with Gasteiger partial charge in [-0.3, -0.25) is 9.59 Å². The van der Waals surface area contributed by atoms with Gasteiger partial charge in [0.05, 0.1) is 12.7 Å². The van der Waals surface area contributed by atoms with Crippen LogP contribution >= 0.6 is 0 Å². The van der Waals surface area contributed by atoms with Gasteiger partial charge in [0.25, 0.3) is 0 Å². The summed E-state index contributed by atoms with van der Waals surface area (Å²) >= 11 is 0. The van der Waals surface area contributed by atoms with E-state index in [0.717, 1.165) is 19.1 Å². The predicted molar refractivity (Wildman–Crippen MR) is 148 cm³/mol. The Balaban J connectivity index is 2.46. The van der Waals surface area contributed by atoms with Crippen molar-refractivity contribution < 1.29 is 52.6 Å². The summed E-state index contributed by atoms with van der Waals surface area (Å²) in [5, 5.41) is 14.4. The van der Waals surface area contributed by atoms with Gasteiger partial charge in [0, 0.05) is 38.4 Å². The molecule has 0 spiro atoms. The van der Waals surface area contributed by atoms with Crippen molar-refractivity contribution in [2.75, 3.05) is 26.4 Å². The van der Waals surface area contributed by atoms with Crippen LogP contribution in [-0.4, -0.2) is 92.6 Å². The molecular weight excluding hydrogens is 554 g/mol. The highest BCUT2D eigenvalue weighted by atomic mass is 16.7. The van der Waals surface area contributed by atoms with E-state index in [0.29, 0.717) is 25.7 Å². The average molecular weight is 598 g/mol. The van der Waals surface area contributed by atoms with Crippen LogP contribution in [0.3, 0.4) is 0 Å². The Labute approximate surface area is 246 Å². The molecule has 0 amide bonds. The summed E-state index contributed by atoms with van der Waals surface area (Å²) in [5.41, 5.74) is 9.41. The summed E-state index contributed by atoms with van der Waals surface area (Å²) in [4.78, 5) is 26.8. The molecule has 236 valence electrons. The molecule has 0 aromatic carbocycles. The van der Waals surface area contributed by atoms with Gasteiger partial charge in [0.15, 0.2) is 24.3 Å². The van der Waals surface area contributed by atoms with Gasteiger partial charge in [-0.15, -0.1) is 12.3 Å². The van der Waals surface area contributed by atoms with E-state index in [1.165, 1.54) is 13.8 Å². The monoisotopic (exact) mass is 597 g/mol. The van der Waals surface area contributed by atoms with Crippen LogP contribution in [0.1, 0.15) is 66.2 Å². The van der Waals surface area contributed by atoms with Crippen molar-refractivity contribution in [3.63, 3.8) is 0 Å². The first-order valence-corrected chi connectivity index (χ1v) is 14.3. The lowest BCUT2D eigenvalue weighted by molar-refractivity contribution is -0.318. The average Bonchev–Trinajstić information content (AvgIpc) is 2.95. The standard InChI is InChI=1S/C28H43N3O11/c1-6-9-12-15-37-27-22(30-31-29)25(36-14-11-8-3)24(21(41-27)17-38-18(4)32)42-28-26(40-19(5)33)23(20(34)16-39-28)35-13-10-7-2/h1,16,21-28,34H,7-15,17H2,2-5H3/t21?,22?,23?,24-,25?,26?,27-,28+/m1/s1. The Kier molecular flexibility index (Phi) is 16.1. The molecule has 0 radical (unpaired) electrons. The van der Waals surface area contributed by atoms with Crippen molar-refractivity contribution in [3.05, 3.63) is 22.5 Å². The highest BCUT2D eigenvalue weighted by molar-refractivity contribution is 5.66. The lowest BCUT2D eigenvalue weighted by atomic mass is 9.96. The second-order valence-electron chi connectivity index (χ2n) is 9.78. The van der Waals surface area contributed by atoms with Crippen molar-refractivity contribution in [3.8, 4) is 12.3 Å². The zero-order valence-corrected chi connectivity index (χ0v) is 24.7. The molecule has 8 atom stereocenters. The molecule has 1 fully saturated rings. The fourth-order valence-corrected chi connectivity index (χ4v) is 4.34. The Hall–Kier alpha value is -3.05. The topological polar surface area (TPSA) is 177 Å². The van der Waals surface area contributed by atoms with Gasteiger partial charge in [0.1, 0.15) is 31.1 Å². The Morgan fingerprint density at radius 1 is 1.02 bits per heavy atom. The fourth-order valence-electron chi connectivity index (χ4n) is 4.34. The van der Waals surface area contributed by atoms with Gasteiger partial charge < -0.3 is 43.0 Å². The van der Waals surface area contributed by atoms with Gasteiger partial charge in [-0.25, -0.2) is 0 Å². The van der Waals surface area contributed by atoms with Crippen LogP contribution in [0.15, 0.2) is 17.1 Å². The number of unbranched alkanes of at least 4 members (excludes halogenated alkanes) is 3. The number of aliphatic hydroxyl groups is 1. The number of rotatable bonds is 18. The van der Waals surface area contributed by atoms with Gasteiger partial charge >= 0.3 is 11.9 Å². The molecular formula is C28H43N3O11. The quantitative estimate of drug-likeness (QED) is 0.0606. The first-order chi connectivity index (χ1) is 20.3. The number of esters is 2. The molecule has 0 aliphatic carbocycles. The maximum absolute atomic E-state index is 12.1. The first kappa shape index (κ1) is 35.1. The van der Waals surface area contributed by atoms with E-state index in [4.69, 9.17) is 44.3 Å². The molecule has 42 heavy (non-hydrogen) atoms. The largest absolute Gasteiger partial charge is 0.506 e. The van der Waals surface area contributed by atoms with Crippen molar-refractivity contribution in [2.24, 2.45) is 5.11 Å². The van der Waals surface area contributed by atoms with Crippen LogP contribution in [-0.2, 0) is 47.5 Å². The number of hydrogen-bond acceptors (Lipinski definition) is 12. The Bertz CT molecular complexity index is 965. The molecule has 1 N–H and O–H groups in total. The summed E-state index contributed by atoms with van der Waals surface area (Å²) in [5.74, 6) is 1.03. The second kappa shape index (κ2) is 19.2. The zero-order chi connectivity index (χ0) is 30.9. The van der Waals surface area contributed by atoms with Crippen molar-refractivity contribution in [1.82, 2.24) is 0 Å². The SMILES string of the molecule is C#CCCCO[C@@H]1OC(COC(C)=O)[C@@H](O[C@@H]2OC=C(O)C(OCCCC)C2OC(C)=O)C(OCCCC)C1N=[N+]=[N-]. The highest BCUT2D eigenvalue weighted by Gasteiger charge is 2.52. The molecule has 2 heterocycles. The van der Waals surface area contributed by atoms with Crippen LogP contribution in [0.4, 0.5) is 0 Å². The summed E-state index contributed by atoms with van der Waals surface area (Å²) in [7, 11) is 0. The van der Waals surface area contributed by atoms with E-state index in [-0.39, 0.29) is 32.2 Å². The minimum atomic E-state index is -1.30. The predicted octanol–water partition coefficient (Wildman–Crippen LogP) is 3.83. The van der Waals surface area contributed by atoms with Crippen LogP contribution in [0.2, 0.25) is 0 Å². The van der Waals surface area contributed by atoms with Crippen LogP contribution in [0.25, 0.3) is 10.4 Å². The molecule has 14 nitrogen and oxygen atoms in total. The smallest absolute Gasteiger partial charge is 0.303 e. The first-order valence-electron chi connectivity index (χ1n) is 14.3. The van der Waals surface area contributed by atoms with E-state index < -0.39 is 61.1 Å². The molecule has 1 saturated heterocycles.